The number of nitrogens with zero attached hydrogens (tertiary/aromatic N) is 1. The van der Waals surface area contributed by atoms with Crippen molar-refractivity contribution in [3.05, 3.63) is 0 Å². The standard InChI is InChI=1S/C14H27N3O/c1-11(5-4-8-15)14(18)16-12-7-10-17-9-3-2-6-13(12)17/h11-13H,2-10,15H2,1H3,(H,16,18). The molecule has 2 fully saturated rings. The summed E-state index contributed by atoms with van der Waals surface area (Å²) in [5.74, 6) is 0.326. The molecule has 2 aliphatic rings. The molecule has 0 saturated carbocycles. The van der Waals surface area contributed by atoms with Crippen molar-refractivity contribution in [3.8, 4) is 0 Å². The van der Waals surface area contributed by atoms with Gasteiger partial charge in [0.2, 0.25) is 5.91 Å². The summed E-state index contributed by atoms with van der Waals surface area (Å²) in [5, 5.41) is 3.27. The first kappa shape index (κ1) is 13.8. The average Bonchev–Trinajstić information content (AvgIpc) is 2.79. The Kier molecular flexibility index (Phi) is 5.01. The SMILES string of the molecule is CC(CCCN)C(=O)NC1CCN2CCCCC12. The van der Waals surface area contributed by atoms with E-state index in [1.807, 2.05) is 6.92 Å². The van der Waals surface area contributed by atoms with Crippen LogP contribution in [-0.4, -0.2) is 42.5 Å². The highest BCUT2D eigenvalue weighted by atomic mass is 16.1. The summed E-state index contributed by atoms with van der Waals surface area (Å²) >= 11 is 0. The lowest BCUT2D eigenvalue weighted by molar-refractivity contribution is -0.125. The summed E-state index contributed by atoms with van der Waals surface area (Å²) in [6.45, 7) is 5.07. The Morgan fingerprint density at radius 3 is 3.00 bits per heavy atom. The Balaban J connectivity index is 1.80. The third-order valence-corrected chi connectivity index (χ3v) is 4.47. The maximum Gasteiger partial charge on any atom is 0.223 e. The molecule has 3 N–H and O–H groups in total. The molecular formula is C14H27N3O. The summed E-state index contributed by atoms with van der Waals surface area (Å²) < 4.78 is 0. The van der Waals surface area contributed by atoms with Crippen molar-refractivity contribution in [1.82, 2.24) is 10.2 Å². The molecule has 0 aliphatic carbocycles. The van der Waals surface area contributed by atoms with E-state index in [0.717, 1.165) is 25.8 Å². The van der Waals surface area contributed by atoms with E-state index in [1.54, 1.807) is 0 Å². The Labute approximate surface area is 110 Å². The maximum absolute atomic E-state index is 12.1. The molecule has 0 spiro atoms. The second kappa shape index (κ2) is 6.53. The minimum atomic E-state index is 0.103. The normalized spacial score (nSPS) is 29.9. The molecule has 1 amide bonds. The Morgan fingerprint density at radius 1 is 1.39 bits per heavy atom. The van der Waals surface area contributed by atoms with E-state index in [0.29, 0.717) is 18.6 Å². The van der Waals surface area contributed by atoms with Gasteiger partial charge >= 0.3 is 0 Å². The maximum atomic E-state index is 12.1. The average molecular weight is 253 g/mol. The van der Waals surface area contributed by atoms with Crippen LogP contribution in [-0.2, 0) is 4.79 Å². The smallest absolute Gasteiger partial charge is 0.223 e. The van der Waals surface area contributed by atoms with Crippen LogP contribution in [0.3, 0.4) is 0 Å². The minimum absolute atomic E-state index is 0.103. The lowest BCUT2D eigenvalue weighted by atomic mass is 9.97. The predicted octanol–water partition coefficient (Wildman–Crippen LogP) is 1.10. The van der Waals surface area contributed by atoms with Crippen LogP contribution in [0.1, 0.15) is 45.4 Å². The third-order valence-electron chi connectivity index (χ3n) is 4.47. The van der Waals surface area contributed by atoms with Gasteiger partial charge in [0.05, 0.1) is 0 Å². The summed E-state index contributed by atoms with van der Waals surface area (Å²) in [5.41, 5.74) is 5.49. The zero-order valence-corrected chi connectivity index (χ0v) is 11.5. The Morgan fingerprint density at radius 2 is 2.22 bits per heavy atom. The molecule has 3 unspecified atom stereocenters. The molecule has 0 aromatic rings. The second-order valence-corrected chi connectivity index (χ2v) is 5.83. The number of nitrogens with two attached hydrogens (primary N) is 1. The molecule has 3 atom stereocenters. The molecule has 0 aromatic heterocycles. The molecule has 2 saturated heterocycles. The number of piperidine rings is 1. The largest absolute Gasteiger partial charge is 0.352 e. The molecule has 0 aromatic carbocycles. The highest BCUT2D eigenvalue weighted by Gasteiger charge is 2.36. The van der Waals surface area contributed by atoms with Crippen LogP contribution >= 0.6 is 0 Å². The van der Waals surface area contributed by atoms with Gasteiger partial charge in [-0.2, -0.15) is 0 Å². The van der Waals surface area contributed by atoms with Gasteiger partial charge in [-0.05, 0) is 45.2 Å². The lowest BCUT2D eigenvalue weighted by Gasteiger charge is -2.33. The highest BCUT2D eigenvalue weighted by molar-refractivity contribution is 5.78. The summed E-state index contributed by atoms with van der Waals surface area (Å²) in [7, 11) is 0. The van der Waals surface area contributed by atoms with Crippen LogP contribution in [0.2, 0.25) is 0 Å². The Bertz CT molecular complexity index is 282. The quantitative estimate of drug-likeness (QED) is 0.771. The third kappa shape index (κ3) is 3.23. The van der Waals surface area contributed by atoms with Crippen molar-refractivity contribution in [1.29, 1.82) is 0 Å². The number of nitrogens with one attached hydrogen (secondary N) is 1. The number of hydrogen-bond donors (Lipinski definition) is 2. The summed E-state index contributed by atoms with van der Waals surface area (Å²) in [6, 6.07) is 0.988. The molecule has 104 valence electrons. The van der Waals surface area contributed by atoms with Crippen LogP contribution < -0.4 is 11.1 Å². The van der Waals surface area contributed by atoms with Gasteiger partial charge in [0, 0.05) is 24.5 Å². The van der Waals surface area contributed by atoms with E-state index in [4.69, 9.17) is 5.73 Å². The molecule has 2 aliphatic heterocycles. The van der Waals surface area contributed by atoms with Crippen molar-refractivity contribution in [2.45, 2.75) is 57.5 Å². The number of carbonyl (C=O) groups excluding carboxylic acids is 1. The van der Waals surface area contributed by atoms with Gasteiger partial charge in [0.25, 0.3) is 0 Å². The van der Waals surface area contributed by atoms with Crippen LogP contribution in [0.25, 0.3) is 0 Å². The van der Waals surface area contributed by atoms with Crippen molar-refractivity contribution in [2.24, 2.45) is 11.7 Å². The number of fused-ring (bicyclic) bond motifs is 1. The van der Waals surface area contributed by atoms with E-state index >= 15 is 0 Å². The van der Waals surface area contributed by atoms with Gasteiger partial charge < -0.3 is 11.1 Å². The fraction of sp³-hybridized carbons (Fsp3) is 0.929. The summed E-state index contributed by atoms with van der Waals surface area (Å²) in [6.07, 6.45) is 6.86. The van der Waals surface area contributed by atoms with E-state index in [-0.39, 0.29) is 11.8 Å². The zero-order chi connectivity index (χ0) is 13.0. The van der Waals surface area contributed by atoms with Gasteiger partial charge in [0.15, 0.2) is 0 Å². The van der Waals surface area contributed by atoms with Crippen molar-refractivity contribution in [3.63, 3.8) is 0 Å². The predicted molar refractivity (Wildman–Crippen MR) is 73.2 cm³/mol. The van der Waals surface area contributed by atoms with Crippen LogP contribution in [0, 0.1) is 5.92 Å². The van der Waals surface area contributed by atoms with E-state index in [1.165, 1.54) is 25.8 Å². The zero-order valence-electron chi connectivity index (χ0n) is 11.5. The fourth-order valence-electron chi connectivity index (χ4n) is 3.30. The lowest BCUT2D eigenvalue weighted by Crippen LogP contribution is -2.48. The first-order valence-corrected chi connectivity index (χ1v) is 7.47. The molecule has 4 heteroatoms. The van der Waals surface area contributed by atoms with Gasteiger partial charge in [-0.25, -0.2) is 0 Å². The van der Waals surface area contributed by atoms with Crippen molar-refractivity contribution < 1.29 is 4.79 Å². The monoisotopic (exact) mass is 253 g/mol. The number of hydrogen-bond acceptors (Lipinski definition) is 3. The topological polar surface area (TPSA) is 58.4 Å². The van der Waals surface area contributed by atoms with Gasteiger partial charge in [-0.1, -0.05) is 13.3 Å². The van der Waals surface area contributed by atoms with Crippen LogP contribution in [0.4, 0.5) is 0 Å². The van der Waals surface area contributed by atoms with Gasteiger partial charge in [-0.3, -0.25) is 9.69 Å². The number of rotatable bonds is 5. The first-order chi connectivity index (χ1) is 8.72. The fourth-order valence-corrected chi connectivity index (χ4v) is 3.30. The number of amides is 1. The van der Waals surface area contributed by atoms with Crippen molar-refractivity contribution >= 4 is 5.91 Å². The van der Waals surface area contributed by atoms with Gasteiger partial charge in [0.1, 0.15) is 0 Å². The van der Waals surface area contributed by atoms with Crippen molar-refractivity contribution in [2.75, 3.05) is 19.6 Å². The van der Waals surface area contributed by atoms with E-state index in [2.05, 4.69) is 10.2 Å². The molecule has 4 nitrogen and oxygen atoms in total. The first-order valence-electron chi connectivity index (χ1n) is 7.47. The van der Waals surface area contributed by atoms with E-state index in [9.17, 15) is 4.79 Å². The molecule has 2 heterocycles. The molecule has 0 bridgehead atoms. The van der Waals surface area contributed by atoms with E-state index < -0.39 is 0 Å². The van der Waals surface area contributed by atoms with Crippen LogP contribution in [0.15, 0.2) is 0 Å². The second-order valence-electron chi connectivity index (χ2n) is 5.83. The summed E-state index contributed by atoms with van der Waals surface area (Å²) in [4.78, 5) is 14.7. The van der Waals surface area contributed by atoms with Gasteiger partial charge in [-0.15, -0.1) is 0 Å². The molecule has 2 rings (SSSR count). The molecule has 0 radical (unpaired) electrons. The minimum Gasteiger partial charge on any atom is -0.352 e. The highest BCUT2D eigenvalue weighted by Crippen LogP contribution is 2.27. The van der Waals surface area contributed by atoms with Crippen LogP contribution in [0.5, 0.6) is 0 Å². The number of carbonyl (C=O) groups is 1. The Hall–Kier alpha value is -0.610. The molecule has 18 heavy (non-hydrogen) atoms. The molecular weight excluding hydrogens is 226 g/mol.